The van der Waals surface area contributed by atoms with Gasteiger partial charge in [0, 0.05) is 31.5 Å². The Labute approximate surface area is 126 Å². The number of nitrogens with one attached hydrogen (secondary N) is 2. The van der Waals surface area contributed by atoms with Crippen molar-refractivity contribution in [2.24, 2.45) is 5.92 Å². The van der Waals surface area contributed by atoms with Crippen LogP contribution in [0.4, 0.5) is 5.69 Å². The van der Waals surface area contributed by atoms with E-state index in [0.717, 1.165) is 25.3 Å². The zero-order valence-electron chi connectivity index (χ0n) is 12.6. The highest BCUT2D eigenvalue weighted by Gasteiger charge is 2.31. The van der Waals surface area contributed by atoms with Crippen molar-refractivity contribution < 1.29 is 4.79 Å². The number of amides is 1. The zero-order valence-corrected chi connectivity index (χ0v) is 12.6. The van der Waals surface area contributed by atoms with Gasteiger partial charge in [-0.15, -0.1) is 0 Å². The number of rotatable bonds is 5. The van der Waals surface area contributed by atoms with E-state index in [9.17, 15) is 4.79 Å². The first-order valence-corrected chi connectivity index (χ1v) is 7.93. The predicted octanol–water partition coefficient (Wildman–Crippen LogP) is 1.41. The predicted molar refractivity (Wildman–Crippen MR) is 83.6 cm³/mol. The zero-order chi connectivity index (χ0) is 14.7. The van der Waals surface area contributed by atoms with Crippen molar-refractivity contribution in [3.05, 3.63) is 24.0 Å². The number of carbonyl (C=O) groups excluding carboxylic acids is 1. The SMILES string of the molecule is CNC(=O)c1cc(N(CC2CCCNC2)C2CC2)ccn1. The highest BCUT2D eigenvalue weighted by atomic mass is 16.1. The number of hydrogen-bond donors (Lipinski definition) is 2. The molecule has 1 aromatic heterocycles. The summed E-state index contributed by atoms with van der Waals surface area (Å²) in [6, 6.07) is 4.60. The molecule has 1 unspecified atom stereocenters. The number of pyridine rings is 1. The van der Waals surface area contributed by atoms with Gasteiger partial charge >= 0.3 is 0 Å². The molecular weight excluding hydrogens is 264 g/mol. The Kier molecular flexibility index (Phi) is 4.39. The molecule has 5 nitrogen and oxygen atoms in total. The lowest BCUT2D eigenvalue weighted by Gasteiger charge is -2.32. The third-order valence-corrected chi connectivity index (χ3v) is 4.38. The summed E-state index contributed by atoms with van der Waals surface area (Å²) in [7, 11) is 1.64. The molecule has 1 amide bonds. The van der Waals surface area contributed by atoms with E-state index in [-0.39, 0.29) is 5.91 Å². The first kappa shape index (κ1) is 14.3. The Balaban J connectivity index is 1.75. The van der Waals surface area contributed by atoms with E-state index in [1.54, 1.807) is 13.2 Å². The molecule has 1 aliphatic heterocycles. The van der Waals surface area contributed by atoms with Gasteiger partial charge in [-0.3, -0.25) is 9.78 Å². The number of aromatic nitrogens is 1. The second-order valence-electron chi connectivity index (χ2n) is 6.07. The Hall–Kier alpha value is -1.62. The van der Waals surface area contributed by atoms with Crippen molar-refractivity contribution in [3.63, 3.8) is 0 Å². The largest absolute Gasteiger partial charge is 0.368 e. The molecular formula is C16H24N4O. The van der Waals surface area contributed by atoms with Crippen molar-refractivity contribution in [2.75, 3.05) is 31.6 Å². The second kappa shape index (κ2) is 6.43. The van der Waals surface area contributed by atoms with Crippen LogP contribution in [-0.2, 0) is 0 Å². The molecule has 1 saturated heterocycles. The molecule has 2 heterocycles. The summed E-state index contributed by atoms with van der Waals surface area (Å²) in [5.74, 6) is 0.586. The van der Waals surface area contributed by atoms with Gasteiger partial charge in [-0.2, -0.15) is 0 Å². The molecule has 21 heavy (non-hydrogen) atoms. The second-order valence-corrected chi connectivity index (χ2v) is 6.07. The van der Waals surface area contributed by atoms with Crippen LogP contribution in [-0.4, -0.2) is 43.6 Å². The fourth-order valence-electron chi connectivity index (χ4n) is 3.06. The van der Waals surface area contributed by atoms with Gasteiger partial charge in [-0.05, 0) is 56.8 Å². The van der Waals surface area contributed by atoms with Crippen molar-refractivity contribution >= 4 is 11.6 Å². The van der Waals surface area contributed by atoms with Crippen molar-refractivity contribution in [2.45, 2.75) is 31.7 Å². The Morgan fingerprint density at radius 1 is 1.48 bits per heavy atom. The van der Waals surface area contributed by atoms with Gasteiger partial charge in [0.2, 0.25) is 0 Å². The molecule has 1 aliphatic carbocycles. The van der Waals surface area contributed by atoms with Crippen LogP contribution in [0.3, 0.4) is 0 Å². The van der Waals surface area contributed by atoms with Crippen LogP contribution in [0.1, 0.15) is 36.2 Å². The summed E-state index contributed by atoms with van der Waals surface area (Å²) >= 11 is 0. The first-order chi connectivity index (χ1) is 10.3. The lowest BCUT2D eigenvalue weighted by molar-refractivity contribution is 0.0958. The lowest BCUT2D eigenvalue weighted by atomic mass is 9.98. The summed E-state index contributed by atoms with van der Waals surface area (Å²) < 4.78 is 0. The molecule has 3 rings (SSSR count). The van der Waals surface area contributed by atoms with Crippen LogP contribution in [0, 0.1) is 5.92 Å². The van der Waals surface area contributed by atoms with E-state index in [1.807, 2.05) is 12.1 Å². The highest BCUT2D eigenvalue weighted by molar-refractivity contribution is 5.92. The van der Waals surface area contributed by atoms with Crippen molar-refractivity contribution in [1.82, 2.24) is 15.6 Å². The Morgan fingerprint density at radius 3 is 3.00 bits per heavy atom. The highest BCUT2D eigenvalue weighted by Crippen LogP contribution is 2.33. The molecule has 0 radical (unpaired) electrons. The fraction of sp³-hybridized carbons (Fsp3) is 0.625. The van der Waals surface area contributed by atoms with Gasteiger partial charge in [-0.25, -0.2) is 0 Å². The minimum absolute atomic E-state index is 0.119. The summed E-state index contributed by atoms with van der Waals surface area (Å²) in [4.78, 5) is 18.4. The Bertz CT molecular complexity index is 495. The summed E-state index contributed by atoms with van der Waals surface area (Å²) in [5, 5.41) is 6.13. The lowest BCUT2D eigenvalue weighted by Crippen LogP contribution is -2.39. The molecule has 2 N–H and O–H groups in total. The summed E-state index contributed by atoms with van der Waals surface area (Å²) in [6.07, 6.45) is 6.83. The molecule has 2 fully saturated rings. The molecule has 2 aliphatic rings. The van der Waals surface area contributed by atoms with Gasteiger partial charge in [-0.1, -0.05) is 0 Å². The topological polar surface area (TPSA) is 57.3 Å². The van der Waals surface area contributed by atoms with Gasteiger partial charge < -0.3 is 15.5 Å². The molecule has 1 aromatic rings. The standard InChI is InChI=1S/C16H24N4O/c1-17-16(21)15-9-14(6-8-19-15)20(13-4-5-13)11-12-3-2-7-18-10-12/h6,8-9,12-13,18H,2-5,7,10-11H2,1H3,(H,17,21). The normalized spacial score (nSPS) is 21.9. The van der Waals surface area contributed by atoms with Crippen LogP contribution in [0.5, 0.6) is 0 Å². The average molecular weight is 288 g/mol. The third kappa shape index (κ3) is 3.53. The van der Waals surface area contributed by atoms with E-state index in [1.165, 1.54) is 25.7 Å². The maximum absolute atomic E-state index is 11.8. The number of carbonyl (C=O) groups is 1. The van der Waals surface area contributed by atoms with Crippen molar-refractivity contribution in [3.8, 4) is 0 Å². The molecule has 0 aromatic carbocycles. The minimum Gasteiger partial charge on any atom is -0.368 e. The number of hydrogen-bond acceptors (Lipinski definition) is 4. The molecule has 1 saturated carbocycles. The van der Waals surface area contributed by atoms with Crippen molar-refractivity contribution in [1.29, 1.82) is 0 Å². The van der Waals surface area contributed by atoms with Gasteiger partial charge in [0.15, 0.2) is 0 Å². The molecule has 1 atom stereocenters. The molecule has 114 valence electrons. The minimum atomic E-state index is -0.119. The fourth-order valence-corrected chi connectivity index (χ4v) is 3.06. The van der Waals surface area contributed by atoms with Gasteiger partial charge in [0.1, 0.15) is 5.69 Å². The van der Waals surface area contributed by atoms with Crippen LogP contribution in [0.2, 0.25) is 0 Å². The quantitative estimate of drug-likeness (QED) is 0.860. The maximum atomic E-state index is 11.8. The third-order valence-electron chi connectivity index (χ3n) is 4.38. The Morgan fingerprint density at radius 2 is 2.33 bits per heavy atom. The van der Waals surface area contributed by atoms with Crippen LogP contribution < -0.4 is 15.5 Å². The smallest absolute Gasteiger partial charge is 0.269 e. The van der Waals surface area contributed by atoms with E-state index in [2.05, 4.69) is 20.5 Å². The van der Waals surface area contributed by atoms with Crippen LogP contribution in [0.15, 0.2) is 18.3 Å². The number of anilines is 1. The molecule has 0 spiro atoms. The average Bonchev–Trinajstić information content (AvgIpc) is 3.38. The van der Waals surface area contributed by atoms with E-state index in [4.69, 9.17) is 0 Å². The monoisotopic (exact) mass is 288 g/mol. The van der Waals surface area contributed by atoms with Crippen LogP contribution in [0.25, 0.3) is 0 Å². The van der Waals surface area contributed by atoms with Gasteiger partial charge in [0.25, 0.3) is 5.91 Å². The first-order valence-electron chi connectivity index (χ1n) is 7.93. The maximum Gasteiger partial charge on any atom is 0.269 e. The van der Waals surface area contributed by atoms with Gasteiger partial charge in [0.05, 0.1) is 0 Å². The van der Waals surface area contributed by atoms with E-state index in [0.29, 0.717) is 17.7 Å². The molecule has 0 bridgehead atoms. The van der Waals surface area contributed by atoms with Crippen LogP contribution >= 0.6 is 0 Å². The number of piperidine rings is 1. The van der Waals surface area contributed by atoms with E-state index >= 15 is 0 Å². The summed E-state index contributed by atoms with van der Waals surface area (Å²) in [5.41, 5.74) is 1.64. The summed E-state index contributed by atoms with van der Waals surface area (Å²) in [6.45, 7) is 3.33. The van der Waals surface area contributed by atoms with E-state index < -0.39 is 0 Å². The number of nitrogens with zero attached hydrogens (tertiary/aromatic N) is 2. The molecule has 5 heteroatoms.